The number of aliphatic hydroxyl groups is 1. The van der Waals surface area contributed by atoms with Crippen molar-refractivity contribution >= 4 is 23.0 Å². The minimum absolute atomic E-state index is 0.0668. The van der Waals surface area contributed by atoms with Gasteiger partial charge in [-0.2, -0.15) is 0 Å². The summed E-state index contributed by atoms with van der Waals surface area (Å²) < 4.78 is 0. The average molecular weight is 299 g/mol. The Bertz CT molecular complexity index is 507. The summed E-state index contributed by atoms with van der Waals surface area (Å²) in [5.41, 5.74) is 1.56. The molecule has 1 aromatic carbocycles. The van der Waals surface area contributed by atoms with Crippen LogP contribution in [0.5, 0.6) is 0 Å². The maximum Gasteiger partial charge on any atom is 0.288 e. The molecule has 0 amide bonds. The van der Waals surface area contributed by atoms with Gasteiger partial charge < -0.3 is 10.4 Å². The summed E-state index contributed by atoms with van der Waals surface area (Å²) in [6.07, 6.45) is 3.65. The number of nitro groups is 1. The van der Waals surface area contributed by atoms with E-state index in [0.29, 0.717) is 5.92 Å². The molecular formula is C14H19ClN2O3. The quantitative estimate of drug-likeness (QED) is 0.659. The summed E-state index contributed by atoms with van der Waals surface area (Å²) >= 11 is 5.92. The zero-order valence-corrected chi connectivity index (χ0v) is 12.2. The first-order valence-corrected chi connectivity index (χ1v) is 7.21. The van der Waals surface area contributed by atoms with E-state index in [1.165, 1.54) is 6.07 Å². The normalized spacial score (nSPS) is 22.6. The molecule has 0 saturated heterocycles. The van der Waals surface area contributed by atoms with Crippen molar-refractivity contribution in [1.29, 1.82) is 0 Å². The maximum atomic E-state index is 10.8. The number of aliphatic hydroxyl groups excluding tert-OH is 1. The fourth-order valence-corrected chi connectivity index (χ4v) is 2.93. The molecule has 0 heterocycles. The Kier molecular flexibility index (Phi) is 4.83. The van der Waals surface area contributed by atoms with E-state index in [1.807, 2.05) is 6.92 Å². The van der Waals surface area contributed by atoms with E-state index >= 15 is 0 Å². The van der Waals surface area contributed by atoms with Crippen LogP contribution in [-0.2, 0) is 0 Å². The molecule has 5 nitrogen and oxygen atoms in total. The Morgan fingerprint density at radius 3 is 2.90 bits per heavy atom. The molecule has 2 unspecified atom stereocenters. The van der Waals surface area contributed by atoms with Gasteiger partial charge in [-0.1, -0.05) is 18.0 Å². The predicted octanol–water partition coefficient (Wildman–Crippen LogP) is 3.52. The number of anilines is 1. The van der Waals surface area contributed by atoms with Crippen LogP contribution in [0.1, 0.15) is 31.2 Å². The van der Waals surface area contributed by atoms with E-state index in [2.05, 4.69) is 5.32 Å². The van der Waals surface area contributed by atoms with Crippen molar-refractivity contribution in [1.82, 2.24) is 0 Å². The van der Waals surface area contributed by atoms with Crippen LogP contribution in [0.15, 0.2) is 12.1 Å². The Hall–Kier alpha value is -1.33. The third kappa shape index (κ3) is 3.61. The third-order valence-electron chi connectivity index (χ3n) is 3.83. The molecule has 0 radical (unpaired) electrons. The van der Waals surface area contributed by atoms with Crippen LogP contribution in [0.4, 0.5) is 11.4 Å². The van der Waals surface area contributed by atoms with Crippen molar-refractivity contribution in [3.8, 4) is 0 Å². The molecule has 1 fully saturated rings. The number of rotatable bonds is 4. The molecule has 0 aliphatic heterocycles. The Balaban J connectivity index is 2.02. The lowest BCUT2D eigenvalue weighted by atomic mass is 9.87. The van der Waals surface area contributed by atoms with Crippen LogP contribution >= 0.6 is 11.6 Å². The van der Waals surface area contributed by atoms with Crippen molar-refractivity contribution < 1.29 is 10.0 Å². The highest BCUT2D eigenvalue weighted by molar-refractivity contribution is 6.33. The SMILES string of the molecule is Cc1cc([N+](=O)[O-])c(Cl)cc1NCC1CCCC(O)C1. The molecule has 110 valence electrons. The molecular weight excluding hydrogens is 280 g/mol. The highest BCUT2D eigenvalue weighted by Gasteiger charge is 2.20. The molecule has 0 bridgehead atoms. The molecule has 1 aliphatic carbocycles. The summed E-state index contributed by atoms with van der Waals surface area (Å²) in [6, 6.07) is 3.09. The summed E-state index contributed by atoms with van der Waals surface area (Å²) in [4.78, 5) is 10.3. The van der Waals surface area contributed by atoms with Gasteiger partial charge in [0, 0.05) is 18.3 Å². The van der Waals surface area contributed by atoms with Crippen LogP contribution in [0, 0.1) is 23.0 Å². The van der Waals surface area contributed by atoms with Crippen LogP contribution in [-0.4, -0.2) is 22.7 Å². The smallest absolute Gasteiger partial charge is 0.288 e. The van der Waals surface area contributed by atoms with E-state index in [-0.39, 0.29) is 16.8 Å². The lowest BCUT2D eigenvalue weighted by molar-refractivity contribution is -0.384. The molecule has 20 heavy (non-hydrogen) atoms. The van der Waals surface area contributed by atoms with E-state index in [4.69, 9.17) is 11.6 Å². The fourth-order valence-electron chi connectivity index (χ4n) is 2.70. The molecule has 2 rings (SSSR count). The number of nitro benzene ring substituents is 1. The van der Waals surface area contributed by atoms with Crippen molar-refractivity contribution in [2.24, 2.45) is 5.92 Å². The van der Waals surface area contributed by atoms with Crippen molar-refractivity contribution in [2.75, 3.05) is 11.9 Å². The Labute approximate surface area is 123 Å². The van der Waals surface area contributed by atoms with Crippen LogP contribution in [0.2, 0.25) is 5.02 Å². The van der Waals surface area contributed by atoms with Crippen molar-refractivity contribution in [3.05, 3.63) is 32.8 Å². The minimum atomic E-state index is -0.476. The van der Waals surface area contributed by atoms with Gasteiger partial charge >= 0.3 is 0 Å². The van der Waals surface area contributed by atoms with E-state index in [9.17, 15) is 15.2 Å². The second kappa shape index (κ2) is 6.41. The van der Waals surface area contributed by atoms with Gasteiger partial charge in [-0.15, -0.1) is 0 Å². The zero-order valence-electron chi connectivity index (χ0n) is 11.4. The minimum Gasteiger partial charge on any atom is -0.393 e. The highest BCUT2D eigenvalue weighted by atomic mass is 35.5. The number of hydrogen-bond donors (Lipinski definition) is 2. The van der Waals surface area contributed by atoms with Crippen molar-refractivity contribution in [3.63, 3.8) is 0 Å². The average Bonchev–Trinajstić information content (AvgIpc) is 2.39. The van der Waals surface area contributed by atoms with Gasteiger partial charge in [0.05, 0.1) is 11.0 Å². The first-order chi connectivity index (χ1) is 9.47. The number of nitrogens with zero attached hydrogens (tertiary/aromatic N) is 1. The molecule has 0 spiro atoms. The van der Waals surface area contributed by atoms with Gasteiger partial charge in [-0.3, -0.25) is 10.1 Å². The number of hydrogen-bond acceptors (Lipinski definition) is 4. The van der Waals surface area contributed by atoms with Crippen molar-refractivity contribution in [2.45, 2.75) is 38.7 Å². The second-order valence-electron chi connectivity index (χ2n) is 5.44. The van der Waals surface area contributed by atoms with Gasteiger partial charge in [-0.25, -0.2) is 0 Å². The molecule has 0 aromatic heterocycles. The molecule has 1 saturated carbocycles. The molecule has 1 aromatic rings. The van der Waals surface area contributed by atoms with Crippen LogP contribution in [0.3, 0.4) is 0 Å². The number of halogens is 1. The van der Waals surface area contributed by atoms with Gasteiger partial charge in [0.2, 0.25) is 0 Å². The summed E-state index contributed by atoms with van der Waals surface area (Å²) in [5.74, 6) is 0.437. The lowest BCUT2D eigenvalue weighted by Gasteiger charge is -2.26. The number of aryl methyl sites for hydroxylation is 1. The zero-order chi connectivity index (χ0) is 14.7. The molecule has 1 aliphatic rings. The van der Waals surface area contributed by atoms with Gasteiger partial charge in [0.15, 0.2) is 0 Å². The van der Waals surface area contributed by atoms with Crippen LogP contribution < -0.4 is 5.32 Å². The maximum absolute atomic E-state index is 10.8. The molecule has 2 N–H and O–H groups in total. The topological polar surface area (TPSA) is 75.4 Å². The highest BCUT2D eigenvalue weighted by Crippen LogP contribution is 2.31. The summed E-state index contributed by atoms with van der Waals surface area (Å²) in [6.45, 7) is 2.58. The summed E-state index contributed by atoms with van der Waals surface area (Å²) in [5, 5.41) is 23.9. The third-order valence-corrected chi connectivity index (χ3v) is 4.13. The first-order valence-electron chi connectivity index (χ1n) is 6.84. The monoisotopic (exact) mass is 298 g/mol. The van der Waals surface area contributed by atoms with E-state index < -0.39 is 4.92 Å². The standard InChI is InChI=1S/C14H19ClN2O3/c1-9-5-14(17(19)20)12(15)7-13(9)16-8-10-3-2-4-11(18)6-10/h5,7,10-11,16,18H,2-4,6,8H2,1H3. The fraction of sp³-hybridized carbons (Fsp3) is 0.571. The predicted molar refractivity (Wildman–Crippen MR) is 79.3 cm³/mol. The Morgan fingerprint density at radius 1 is 1.50 bits per heavy atom. The first kappa shape index (κ1) is 15.1. The number of benzene rings is 1. The molecule has 2 atom stereocenters. The largest absolute Gasteiger partial charge is 0.393 e. The van der Waals surface area contributed by atoms with Gasteiger partial charge in [-0.05, 0) is 43.7 Å². The molecule has 6 heteroatoms. The lowest BCUT2D eigenvalue weighted by Crippen LogP contribution is -2.25. The van der Waals surface area contributed by atoms with Gasteiger partial charge in [0.1, 0.15) is 5.02 Å². The Morgan fingerprint density at radius 2 is 2.25 bits per heavy atom. The van der Waals surface area contributed by atoms with Crippen LogP contribution in [0.25, 0.3) is 0 Å². The number of nitrogens with one attached hydrogen (secondary N) is 1. The van der Waals surface area contributed by atoms with Gasteiger partial charge in [0.25, 0.3) is 5.69 Å². The summed E-state index contributed by atoms with van der Waals surface area (Å²) in [7, 11) is 0. The van der Waals surface area contributed by atoms with E-state index in [0.717, 1.165) is 43.5 Å². The second-order valence-corrected chi connectivity index (χ2v) is 5.85. The van der Waals surface area contributed by atoms with E-state index in [1.54, 1.807) is 6.07 Å².